The number of piperidine rings is 1. The van der Waals surface area contributed by atoms with Gasteiger partial charge in [-0.25, -0.2) is 4.39 Å². The molecular weight excluding hydrogens is 367 g/mol. The summed E-state index contributed by atoms with van der Waals surface area (Å²) in [7, 11) is 1.68. The van der Waals surface area contributed by atoms with E-state index < -0.39 is 0 Å². The van der Waals surface area contributed by atoms with Crippen molar-refractivity contribution in [1.82, 2.24) is 10.2 Å². The molecule has 1 heterocycles. The first-order chi connectivity index (χ1) is 14.0. The molecule has 2 aromatic carbocycles. The fourth-order valence-electron chi connectivity index (χ4n) is 3.86. The van der Waals surface area contributed by atoms with Gasteiger partial charge in [0.2, 0.25) is 5.91 Å². The zero-order valence-corrected chi connectivity index (χ0v) is 17.4. The minimum absolute atomic E-state index is 0.0717. The Balaban J connectivity index is 1.35. The third kappa shape index (κ3) is 6.57. The van der Waals surface area contributed by atoms with Gasteiger partial charge in [0, 0.05) is 19.5 Å². The number of carbonyl (C=O) groups is 1. The van der Waals surface area contributed by atoms with E-state index in [9.17, 15) is 9.18 Å². The number of rotatable bonds is 8. The van der Waals surface area contributed by atoms with Crippen molar-refractivity contribution in [3.8, 4) is 5.75 Å². The van der Waals surface area contributed by atoms with E-state index in [1.54, 1.807) is 19.2 Å². The lowest BCUT2D eigenvalue weighted by molar-refractivity contribution is -0.121. The maximum absolute atomic E-state index is 13.0. The van der Waals surface area contributed by atoms with Crippen LogP contribution >= 0.6 is 0 Å². The highest BCUT2D eigenvalue weighted by molar-refractivity contribution is 5.76. The van der Waals surface area contributed by atoms with Gasteiger partial charge in [0.25, 0.3) is 0 Å². The van der Waals surface area contributed by atoms with Crippen molar-refractivity contribution >= 4 is 5.91 Å². The van der Waals surface area contributed by atoms with Gasteiger partial charge < -0.3 is 10.1 Å². The molecule has 1 unspecified atom stereocenters. The summed E-state index contributed by atoms with van der Waals surface area (Å²) in [5.74, 6) is 1.33. The lowest BCUT2D eigenvalue weighted by Crippen LogP contribution is -2.38. The Labute approximate surface area is 173 Å². The maximum atomic E-state index is 13.0. The Hall–Kier alpha value is -2.40. The van der Waals surface area contributed by atoms with Crippen LogP contribution in [-0.4, -0.2) is 37.6 Å². The number of hydrogen-bond donors (Lipinski definition) is 1. The third-order valence-electron chi connectivity index (χ3n) is 5.79. The number of amides is 1. The second-order valence-corrected chi connectivity index (χ2v) is 8.03. The van der Waals surface area contributed by atoms with Crippen molar-refractivity contribution in [2.75, 3.05) is 26.7 Å². The molecule has 5 heteroatoms. The average Bonchev–Trinajstić information content (AvgIpc) is 2.74. The SMILES string of the molecule is COc1ccc(CN2CCC(CNC(=O)CC(C)c3ccc(F)cc3)CC2)cc1. The van der Waals surface area contributed by atoms with Crippen molar-refractivity contribution < 1.29 is 13.9 Å². The number of halogens is 1. The van der Waals surface area contributed by atoms with Crippen molar-refractivity contribution in [2.24, 2.45) is 5.92 Å². The molecule has 0 saturated carbocycles. The van der Waals surface area contributed by atoms with Crippen molar-refractivity contribution in [1.29, 1.82) is 0 Å². The molecule has 29 heavy (non-hydrogen) atoms. The fourth-order valence-corrected chi connectivity index (χ4v) is 3.86. The standard InChI is InChI=1S/C24H31FN2O2/c1-18(21-5-7-22(25)8-6-21)15-24(28)26-16-19-11-13-27(14-12-19)17-20-3-9-23(29-2)10-4-20/h3-10,18-19H,11-17H2,1-2H3,(H,26,28). The summed E-state index contributed by atoms with van der Waals surface area (Å²) < 4.78 is 18.2. The molecule has 1 amide bonds. The molecule has 1 atom stereocenters. The smallest absolute Gasteiger partial charge is 0.220 e. The summed E-state index contributed by atoms with van der Waals surface area (Å²) in [6.45, 7) is 5.81. The molecule has 1 aliphatic heterocycles. The van der Waals surface area contributed by atoms with Gasteiger partial charge in [0.1, 0.15) is 11.6 Å². The molecule has 1 fully saturated rings. The number of likely N-dealkylation sites (tertiary alicyclic amines) is 1. The zero-order valence-electron chi connectivity index (χ0n) is 17.4. The van der Waals surface area contributed by atoms with Crippen molar-refractivity contribution in [2.45, 2.75) is 38.6 Å². The molecule has 1 N–H and O–H groups in total. The van der Waals surface area contributed by atoms with Crippen LogP contribution in [0.2, 0.25) is 0 Å². The first-order valence-electron chi connectivity index (χ1n) is 10.4. The molecule has 3 rings (SSSR count). The molecular formula is C24H31FN2O2. The van der Waals surface area contributed by atoms with E-state index in [-0.39, 0.29) is 17.6 Å². The zero-order chi connectivity index (χ0) is 20.6. The first kappa shape index (κ1) is 21.3. The number of nitrogens with zero attached hydrogens (tertiary/aromatic N) is 1. The summed E-state index contributed by atoms with van der Waals surface area (Å²) in [5, 5.41) is 3.10. The van der Waals surface area contributed by atoms with E-state index in [1.165, 1.54) is 17.7 Å². The van der Waals surface area contributed by atoms with Crippen LogP contribution in [0.15, 0.2) is 48.5 Å². The van der Waals surface area contributed by atoms with Gasteiger partial charge in [-0.2, -0.15) is 0 Å². The maximum Gasteiger partial charge on any atom is 0.220 e. The van der Waals surface area contributed by atoms with E-state index in [2.05, 4.69) is 22.3 Å². The highest BCUT2D eigenvalue weighted by Gasteiger charge is 2.20. The number of benzene rings is 2. The van der Waals surface area contributed by atoms with E-state index in [0.717, 1.165) is 50.3 Å². The molecule has 0 bridgehead atoms. The number of carbonyl (C=O) groups excluding carboxylic acids is 1. The molecule has 156 valence electrons. The van der Waals surface area contributed by atoms with E-state index in [0.29, 0.717) is 12.3 Å². The predicted molar refractivity (Wildman–Crippen MR) is 113 cm³/mol. The second-order valence-electron chi connectivity index (χ2n) is 8.03. The van der Waals surface area contributed by atoms with Crippen LogP contribution in [0, 0.1) is 11.7 Å². The Morgan fingerprint density at radius 2 is 1.79 bits per heavy atom. The highest BCUT2D eigenvalue weighted by Crippen LogP contribution is 2.21. The number of hydrogen-bond acceptors (Lipinski definition) is 3. The molecule has 1 saturated heterocycles. The van der Waals surface area contributed by atoms with Gasteiger partial charge in [0.15, 0.2) is 0 Å². The summed E-state index contributed by atoms with van der Waals surface area (Å²) in [4.78, 5) is 14.8. The van der Waals surface area contributed by atoms with Gasteiger partial charge in [-0.15, -0.1) is 0 Å². The summed E-state index contributed by atoms with van der Waals surface area (Å²) in [6.07, 6.45) is 2.63. The minimum atomic E-state index is -0.247. The van der Waals surface area contributed by atoms with Crippen LogP contribution in [0.4, 0.5) is 4.39 Å². The Morgan fingerprint density at radius 1 is 1.14 bits per heavy atom. The number of methoxy groups -OCH3 is 1. The van der Waals surface area contributed by atoms with E-state index in [4.69, 9.17) is 4.74 Å². The van der Waals surface area contributed by atoms with Gasteiger partial charge in [0.05, 0.1) is 7.11 Å². The quantitative estimate of drug-likeness (QED) is 0.719. The van der Waals surface area contributed by atoms with Crippen LogP contribution in [0.1, 0.15) is 43.2 Å². The molecule has 0 spiro atoms. The van der Waals surface area contributed by atoms with Crippen LogP contribution in [0.3, 0.4) is 0 Å². The lowest BCUT2D eigenvalue weighted by atomic mass is 9.95. The molecule has 0 aromatic heterocycles. The Morgan fingerprint density at radius 3 is 2.41 bits per heavy atom. The first-order valence-corrected chi connectivity index (χ1v) is 10.4. The molecule has 2 aromatic rings. The van der Waals surface area contributed by atoms with Gasteiger partial charge in [-0.05, 0) is 73.2 Å². The highest BCUT2D eigenvalue weighted by atomic mass is 19.1. The van der Waals surface area contributed by atoms with Crippen molar-refractivity contribution in [3.05, 3.63) is 65.5 Å². The molecule has 1 aliphatic rings. The second kappa shape index (κ2) is 10.4. The minimum Gasteiger partial charge on any atom is -0.497 e. The average molecular weight is 399 g/mol. The number of ether oxygens (including phenoxy) is 1. The Kier molecular flexibility index (Phi) is 7.64. The molecule has 0 aliphatic carbocycles. The van der Waals surface area contributed by atoms with Gasteiger partial charge in [-0.1, -0.05) is 31.2 Å². The van der Waals surface area contributed by atoms with Gasteiger partial charge >= 0.3 is 0 Å². The lowest BCUT2D eigenvalue weighted by Gasteiger charge is -2.32. The normalized spacial score (nSPS) is 16.4. The molecule has 4 nitrogen and oxygen atoms in total. The van der Waals surface area contributed by atoms with Crippen LogP contribution in [0.25, 0.3) is 0 Å². The van der Waals surface area contributed by atoms with E-state index in [1.807, 2.05) is 19.1 Å². The summed E-state index contributed by atoms with van der Waals surface area (Å²) in [6, 6.07) is 14.7. The van der Waals surface area contributed by atoms with Crippen LogP contribution in [-0.2, 0) is 11.3 Å². The third-order valence-corrected chi connectivity index (χ3v) is 5.79. The summed E-state index contributed by atoms with van der Waals surface area (Å²) >= 11 is 0. The van der Waals surface area contributed by atoms with Gasteiger partial charge in [-0.3, -0.25) is 9.69 Å². The number of nitrogens with one attached hydrogen (secondary N) is 1. The summed E-state index contributed by atoms with van der Waals surface area (Å²) in [5.41, 5.74) is 2.29. The monoisotopic (exact) mass is 398 g/mol. The van der Waals surface area contributed by atoms with Crippen LogP contribution < -0.4 is 10.1 Å². The Bertz CT molecular complexity index is 768. The topological polar surface area (TPSA) is 41.6 Å². The largest absolute Gasteiger partial charge is 0.497 e. The van der Waals surface area contributed by atoms with Crippen molar-refractivity contribution in [3.63, 3.8) is 0 Å². The van der Waals surface area contributed by atoms with Crippen LogP contribution in [0.5, 0.6) is 5.75 Å². The predicted octanol–water partition coefficient (Wildman–Crippen LogP) is 4.36. The van der Waals surface area contributed by atoms with E-state index >= 15 is 0 Å². The molecule has 0 radical (unpaired) electrons. The fraction of sp³-hybridized carbons (Fsp3) is 0.458.